The van der Waals surface area contributed by atoms with Gasteiger partial charge in [0.2, 0.25) is 5.28 Å². The van der Waals surface area contributed by atoms with E-state index in [-0.39, 0.29) is 0 Å². The van der Waals surface area contributed by atoms with E-state index < -0.39 is 0 Å². The molecule has 0 unspecified atom stereocenters. The van der Waals surface area contributed by atoms with E-state index in [1.807, 2.05) is 6.07 Å². The van der Waals surface area contributed by atoms with E-state index in [2.05, 4.69) is 57.9 Å². The minimum atomic E-state index is 0.335. The van der Waals surface area contributed by atoms with Gasteiger partial charge in [-0.1, -0.05) is 37.3 Å². The number of fused-ring (bicyclic) bond motifs is 1. The van der Waals surface area contributed by atoms with E-state index in [4.69, 9.17) is 11.6 Å². The smallest absolute Gasteiger partial charge is 0.225 e. The second-order valence-corrected chi connectivity index (χ2v) is 7.86. The molecule has 2 aromatic heterocycles. The lowest BCUT2D eigenvalue weighted by atomic mass is 10.0. The van der Waals surface area contributed by atoms with Crippen LogP contribution in [-0.2, 0) is 0 Å². The first-order valence-corrected chi connectivity index (χ1v) is 9.86. The van der Waals surface area contributed by atoms with Crippen LogP contribution in [0.1, 0.15) is 11.8 Å². The lowest BCUT2D eigenvalue weighted by Crippen LogP contribution is -2.46. The highest BCUT2D eigenvalue weighted by molar-refractivity contribution is 7.19. The molecule has 0 N–H and O–H groups in total. The number of likely N-dealkylation sites (N-methyl/N-ethyl adjacent to an activating group) is 1. The quantitative estimate of drug-likeness (QED) is 0.635. The van der Waals surface area contributed by atoms with Gasteiger partial charge in [-0.3, -0.25) is 0 Å². The van der Waals surface area contributed by atoms with E-state index in [1.54, 1.807) is 11.3 Å². The van der Waals surface area contributed by atoms with Crippen LogP contribution >= 0.6 is 22.9 Å². The molecule has 0 amide bonds. The predicted molar refractivity (Wildman–Crippen MR) is 107 cm³/mol. The molecule has 4 nitrogen and oxygen atoms in total. The summed E-state index contributed by atoms with van der Waals surface area (Å²) in [5.41, 5.74) is 2.45. The summed E-state index contributed by atoms with van der Waals surface area (Å²) in [7, 11) is 0. The number of thiophene rings is 1. The fraction of sp³-hybridized carbons (Fsp3) is 0.368. The van der Waals surface area contributed by atoms with Crippen LogP contribution in [0.4, 0.5) is 5.82 Å². The molecular formula is C19H21ClN4S. The summed E-state index contributed by atoms with van der Waals surface area (Å²) in [6.45, 7) is 9.53. The Kier molecular flexibility index (Phi) is 4.63. The molecule has 1 fully saturated rings. The Morgan fingerprint density at radius 1 is 1.08 bits per heavy atom. The summed E-state index contributed by atoms with van der Waals surface area (Å²) in [6, 6.07) is 10.5. The van der Waals surface area contributed by atoms with Crippen molar-refractivity contribution in [1.29, 1.82) is 0 Å². The zero-order valence-corrected chi connectivity index (χ0v) is 16.1. The third-order valence-electron chi connectivity index (χ3n) is 4.86. The summed E-state index contributed by atoms with van der Waals surface area (Å²) in [5, 5.41) is 1.48. The van der Waals surface area contributed by atoms with Crippen LogP contribution in [0.3, 0.4) is 0 Å². The van der Waals surface area contributed by atoms with Crippen molar-refractivity contribution in [3.8, 4) is 11.1 Å². The zero-order valence-electron chi connectivity index (χ0n) is 14.5. The van der Waals surface area contributed by atoms with Gasteiger partial charge in [0, 0.05) is 36.6 Å². The van der Waals surface area contributed by atoms with Gasteiger partial charge in [0.15, 0.2) is 0 Å². The van der Waals surface area contributed by atoms with Crippen LogP contribution in [0.5, 0.6) is 0 Å². The number of halogens is 1. The number of anilines is 1. The van der Waals surface area contributed by atoms with E-state index in [0.29, 0.717) is 5.28 Å². The first-order chi connectivity index (χ1) is 12.2. The third-order valence-corrected chi connectivity index (χ3v) is 6.03. The van der Waals surface area contributed by atoms with Crippen LogP contribution in [-0.4, -0.2) is 47.6 Å². The Balaban J connectivity index is 1.86. The minimum Gasteiger partial charge on any atom is -0.353 e. The molecular weight excluding hydrogens is 352 g/mol. The monoisotopic (exact) mass is 372 g/mol. The number of aromatic nitrogens is 2. The van der Waals surface area contributed by atoms with E-state index in [1.165, 1.54) is 16.0 Å². The Morgan fingerprint density at radius 2 is 1.80 bits per heavy atom. The molecule has 130 valence electrons. The molecule has 3 aromatic rings. The number of rotatable bonds is 3. The van der Waals surface area contributed by atoms with Crippen molar-refractivity contribution >= 4 is 39.0 Å². The average Bonchev–Trinajstić information content (AvgIpc) is 2.97. The second kappa shape index (κ2) is 6.90. The lowest BCUT2D eigenvalue weighted by Gasteiger charge is -2.35. The van der Waals surface area contributed by atoms with E-state index >= 15 is 0 Å². The van der Waals surface area contributed by atoms with E-state index in [0.717, 1.165) is 48.8 Å². The summed E-state index contributed by atoms with van der Waals surface area (Å²) in [6.07, 6.45) is 0. The minimum absolute atomic E-state index is 0.335. The number of nitrogens with zero attached hydrogens (tertiary/aromatic N) is 4. The predicted octanol–water partition coefficient (Wildman–Crippen LogP) is 4.46. The van der Waals surface area contributed by atoms with Gasteiger partial charge in [-0.25, -0.2) is 4.98 Å². The fourth-order valence-electron chi connectivity index (χ4n) is 3.53. The van der Waals surface area contributed by atoms with Crippen molar-refractivity contribution in [1.82, 2.24) is 14.9 Å². The molecule has 0 bridgehead atoms. The summed E-state index contributed by atoms with van der Waals surface area (Å²) >= 11 is 7.95. The van der Waals surface area contributed by atoms with Crippen LogP contribution in [0.25, 0.3) is 21.3 Å². The molecule has 0 saturated carbocycles. The largest absolute Gasteiger partial charge is 0.353 e. The third kappa shape index (κ3) is 3.12. The molecule has 1 aliphatic rings. The molecule has 0 radical (unpaired) electrons. The molecule has 4 rings (SSSR count). The van der Waals surface area contributed by atoms with Gasteiger partial charge in [-0.05, 0) is 30.6 Å². The average molecular weight is 373 g/mol. The Labute approximate surface area is 157 Å². The van der Waals surface area contributed by atoms with Gasteiger partial charge in [0.05, 0.1) is 5.39 Å². The molecule has 3 heterocycles. The molecule has 6 heteroatoms. The highest BCUT2D eigenvalue weighted by Gasteiger charge is 2.24. The second-order valence-electron chi connectivity index (χ2n) is 6.32. The van der Waals surface area contributed by atoms with Gasteiger partial charge in [0.25, 0.3) is 0 Å². The number of piperazine rings is 1. The van der Waals surface area contributed by atoms with Gasteiger partial charge in [-0.2, -0.15) is 4.98 Å². The molecule has 0 spiro atoms. The molecule has 1 aliphatic heterocycles. The lowest BCUT2D eigenvalue weighted by molar-refractivity contribution is 0.271. The number of benzene rings is 1. The van der Waals surface area contributed by atoms with Crippen molar-refractivity contribution in [3.63, 3.8) is 0 Å². The Bertz CT molecular complexity index is 885. The van der Waals surface area contributed by atoms with Crippen LogP contribution in [0.2, 0.25) is 5.28 Å². The first-order valence-electron chi connectivity index (χ1n) is 8.66. The topological polar surface area (TPSA) is 32.3 Å². The van der Waals surface area contributed by atoms with Gasteiger partial charge in [-0.15, -0.1) is 11.3 Å². The fourth-order valence-corrected chi connectivity index (χ4v) is 4.78. The van der Waals surface area contributed by atoms with Crippen LogP contribution < -0.4 is 4.90 Å². The highest BCUT2D eigenvalue weighted by atomic mass is 35.5. The highest BCUT2D eigenvalue weighted by Crippen LogP contribution is 2.42. The molecule has 1 aromatic carbocycles. The Morgan fingerprint density at radius 3 is 2.48 bits per heavy atom. The maximum absolute atomic E-state index is 6.25. The van der Waals surface area contributed by atoms with Crippen molar-refractivity contribution in [3.05, 3.63) is 40.5 Å². The SMILES string of the molecule is CCN1CCN(c2nc(Cl)nc3sc(C)c(-c4ccccc4)c23)CC1. The first kappa shape index (κ1) is 16.8. The maximum atomic E-state index is 6.25. The van der Waals surface area contributed by atoms with Crippen molar-refractivity contribution in [2.45, 2.75) is 13.8 Å². The van der Waals surface area contributed by atoms with Crippen LogP contribution in [0, 0.1) is 6.92 Å². The number of hydrogen-bond donors (Lipinski definition) is 0. The van der Waals surface area contributed by atoms with Gasteiger partial charge in [0.1, 0.15) is 10.6 Å². The summed E-state index contributed by atoms with van der Waals surface area (Å²) in [5.74, 6) is 0.981. The Hall–Kier alpha value is -1.69. The normalized spacial score (nSPS) is 15.9. The van der Waals surface area contributed by atoms with Gasteiger partial charge < -0.3 is 9.80 Å². The molecule has 0 atom stereocenters. The standard InChI is InChI=1S/C19H21ClN4S/c1-3-23-9-11-24(12-10-23)17-16-15(14-7-5-4-6-8-14)13(2)25-18(16)22-19(20)21-17/h4-8H,3,9-12H2,1-2H3. The molecule has 0 aliphatic carbocycles. The number of aryl methyl sites for hydroxylation is 1. The summed E-state index contributed by atoms with van der Waals surface area (Å²) in [4.78, 5) is 16.2. The molecule has 1 saturated heterocycles. The van der Waals surface area contributed by atoms with Crippen molar-refractivity contribution < 1.29 is 0 Å². The zero-order chi connectivity index (χ0) is 17.4. The maximum Gasteiger partial charge on any atom is 0.225 e. The van der Waals surface area contributed by atoms with Crippen molar-refractivity contribution in [2.24, 2.45) is 0 Å². The number of hydrogen-bond acceptors (Lipinski definition) is 5. The molecule has 25 heavy (non-hydrogen) atoms. The van der Waals surface area contributed by atoms with E-state index in [9.17, 15) is 0 Å². The summed E-state index contributed by atoms with van der Waals surface area (Å²) < 4.78 is 0. The van der Waals surface area contributed by atoms with Crippen LogP contribution in [0.15, 0.2) is 30.3 Å². The van der Waals surface area contributed by atoms with Gasteiger partial charge >= 0.3 is 0 Å². The van der Waals surface area contributed by atoms with Crippen molar-refractivity contribution in [2.75, 3.05) is 37.6 Å².